The highest BCUT2D eigenvalue weighted by Crippen LogP contribution is 2.40. The molecule has 1 aromatic heterocycles. The summed E-state index contributed by atoms with van der Waals surface area (Å²) in [6, 6.07) is 6.47. The largest absolute Gasteiger partial charge is 0.478 e. The zero-order valence-electron chi connectivity index (χ0n) is 13.1. The Hall–Kier alpha value is -2.63. The Bertz CT molecular complexity index is 744. The average Bonchev–Trinajstić information content (AvgIpc) is 3.30. The number of aromatic carboxylic acids is 1. The number of hydrogen-bond acceptors (Lipinski definition) is 4. The molecule has 0 saturated heterocycles. The minimum atomic E-state index is -0.967. The first-order chi connectivity index (χ1) is 11.0. The number of aryl methyl sites for hydroxylation is 1. The summed E-state index contributed by atoms with van der Waals surface area (Å²) >= 11 is 0. The third kappa shape index (κ3) is 3.26. The number of carboxylic acids is 1. The van der Waals surface area contributed by atoms with E-state index in [-0.39, 0.29) is 17.2 Å². The average molecular weight is 314 g/mol. The molecule has 1 heterocycles. The van der Waals surface area contributed by atoms with E-state index in [1.54, 1.807) is 31.0 Å². The molecule has 0 spiro atoms. The quantitative estimate of drug-likeness (QED) is 0.917. The lowest BCUT2D eigenvalue weighted by molar-refractivity contribution is 0.0695. The van der Waals surface area contributed by atoms with Gasteiger partial charge in [-0.15, -0.1) is 0 Å². The molecule has 6 heteroatoms. The number of benzene rings is 1. The molecule has 1 saturated carbocycles. The highest BCUT2D eigenvalue weighted by molar-refractivity contribution is 5.92. The lowest BCUT2D eigenvalue weighted by Crippen LogP contribution is -2.26. The maximum absolute atomic E-state index is 12.5. The van der Waals surface area contributed by atoms with Gasteiger partial charge in [-0.25, -0.2) is 9.78 Å². The predicted octanol–water partition coefficient (Wildman–Crippen LogP) is 2.83. The van der Waals surface area contributed by atoms with Gasteiger partial charge in [-0.3, -0.25) is 4.79 Å². The van der Waals surface area contributed by atoms with Gasteiger partial charge >= 0.3 is 5.97 Å². The van der Waals surface area contributed by atoms with E-state index in [9.17, 15) is 9.59 Å². The van der Waals surface area contributed by atoms with Crippen LogP contribution in [0.2, 0.25) is 0 Å². The van der Waals surface area contributed by atoms with E-state index in [1.165, 1.54) is 12.1 Å². The summed E-state index contributed by atoms with van der Waals surface area (Å²) in [6.45, 7) is 2.15. The molecular weight excluding hydrogens is 296 g/mol. The molecule has 1 fully saturated rings. The summed E-state index contributed by atoms with van der Waals surface area (Å²) in [6.07, 6.45) is 2.14. The van der Waals surface area contributed by atoms with Crippen LogP contribution in [0.25, 0.3) is 0 Å². The van der Waals surface area contributed by atoms with Crippen LogP contribution in [0.5, 0.6) is 0 Å². The van der Waals surface area contributed by atoms with Gasteiger partial charge in [0.25, 0.3) is 5.91 Å². The summed E-state index contributed by atoms with van der Waals surface area (Å²) in [5, 5.41) is 8.89. The molecule has 2 aromatic rings. The summed E-state index contributed by atoms with van der Waals surface area (Å²) in [5.74, 6) is 0.126. The van der Waals surface area contributed by atoms with Crippen LogP contribution < -0.4 is 0 Å². The van der Waals surface area contributed by atoms with Crippen LogP contribution >= 0.6 is 0 Å². The SMILES string of the molecule is Cc1nc(C2CC2)oc1C(=O)N(C)Cc1ccc(C(=O)O)cc1. The fourth-order valence-electron chi connectivity index (χ4n) is 2.39. The molecule has 6 nitrogen and oxygen atoms in total. The summed E-state index contributed by atoms with van der Waals surface area (Å²) in [7, 11) is 1.69. The fraction of sp³-hybridized carbons (Fsp3) is 0.353. The molecular formula is C17H18N2O4. The van der Waals surface area contributed by atoms with Crippen molar-refractivity contribution in [2.45, 2.75) is 32.2 Å². The van der Waals surface area contributed by atoms with Gasteiger partial charge < -0.3 is 14.4 Å². The van der Waals surface area contributed by atoms with Gasteiger partial charge in [0.2, 0.25) is 5.76 Å². The van der Waals surface area contributed by atoms with Gasteiger partial charge in [0.1, 0.15) is 0 Å². The summed E-state index contributed by atoms with van der Waals surface area (Å²) < 4.78 is 5.63. The first kappa shape index (κ1) is 15.3. The number of hydrogen-bond donors (Lipinski definition) is 1. The number of carbonyl (C=O) groups excluding carboxylic acids is 1. The van der Waals surface area contributed by atoms with Crippen molar-refractivity contribution in [1.82, 2.24) is 9.88 Å². The Morgan fingerprint density at radius 2 is 1.96 bits per heavy atom. The Balaban J connectivity index is 1.70. The third-order valence-corrected chi connectivity index (χ3v) is 3.90. The van der Waals surface area contributed by atoms with Crippen molar-refractivity contribution in [2.75, 3.05) is 7.05 Å². The number of oxazole rings is 1. The molecule has 0 atom stereocenters. The molecule has 0 radical (unpaired) electrons. The number of nitrogens with zero attached hydrogens (tertiary/aromatic N) is 2. The number of amides is 1. The van der Waals surface area contributed by atoms with Crippen molar-refractivity contribution in [2.24, 2.45) is 0 Å². The molecule has 23 heavy (non-hydrogen) atoms. The molecule has 1 aliphatic carbocycles. The molecule has 1 N–H and O–H groups in total. The standard InChI is InChI=1S/C17H18N2O4/c1-10-14(23-15(18-10)12-7-8-12)16(20)19(2)9-11-3-5-13(6-4-11)17(21)22/h3-6,12H,7-9H2,1-2H3,(H,21,22). The number of carboxylic acid groups (broad SMARTS) is 1. The van der Waals surface area contributed by atoms with Gasteiger partial charge in [0.05, 0.1) is 11.3 Å². The van der Waals surface area contributed by atoms with Crippen molar-refractivity contribution in [3.8, 4) is 0 Å². The molecule has 0 unspecified atom stereocenters. The van der Waals surface area contributed by atoms with Crippen molar-refractivity contribution >= 4 is 11.9 Å². The molecule has 1 aliphatic rings. The first-order valence-corrected chi connectivity index (χ1v) is 7.50. The zero-order chi connectivity index (χ0) is 16.6. The first-order valence-electron chi connectivity index (χ1n) is 7.50. The summed E-state index contributed by atoms with van der Waals surface area (Å²) in [4.78, 5) is 29.2. The van der Waals surface area contributed by atoms with Gasteiger partial charge in [-0.2, -0.15) is 0 Å². The molecule has 0 bridgehead atoms. The monoisotopic (exact) mass is 314 g/mol. The van der Waals surface area contributed by atoms with E-state index in [2.05, 4.69) is 4.98 Å². The van der Waals surface area contributed by atoms with Crippen molar-refractivity contribution in [3.63, 3.8) is 0 Å². The van der Waals surface area contributed by atoms with Crippen molar-refractivity contribution in [1.29, 1.82) is 0 Å². The predicted molar refractivity (Wildman–Crippen MR) is 82.4 cm³/mol. The van der Waals surface area contributed by atoms with E-state index in [0.717, 1.165) is 18.4 Å². The second-order valence-electron chi connectivity index (χ2n) is 5.90. The van der Waals surface area contributed by atoms with Gasteiger partial charge in [-0.1, -0.05) is 12.1 Å². The van der Waals surface area contributed by atoms with E-state index in [1.807, 2.05) is 0 Å². The Morgan fingerprint density at radius 1 is 1.30 bits per heavy atom. The van der Waals surface area contributed by atoms with E-state index in [4.69, 9.17) is 9.52 Å². The van der Waals surface area contributed by atoms with Crippen molar-refractivity contribution in [3.05, 3.63) is 52.7 Å². The number of carbonyl (C=O) groups is 2. The molecule has 1 amide bonds. The normalized spacial score (nSPS) is 13.8. The van der Waals surface area contributed by atoms with Crippen LogP contribution in [0, 0.1) is 6.92 Å². The lowest BCUT2D eigenvalue weighted by Gasteiger charge is -2.16. The van der Waals surface area contributed by atoms with Crippen molar-refractivity contribution < 1.29 is 19.1 Å². The number of rotatable bonds is 5. The van der Waals surface area contributed by atoms with Gasteiger partial charge in [0, 0.05) is 19.5 Å². The Kier molecular flexibility index (Phi) is 3.90. The van der Waals surface area contributed by atoms with Crippen LogP contribution in [-0.2, 0) is 6.54 Å². The van der Waals surface area contributed by atoms with Crippen LogP contribution in [0.15, 0.2) is 28.7 Å². The van der Waals surface area contributed by atoms with Crippen LogP contribution in [0.3, 0.4) is 0 Å². The molecule has 120 valence electrons. The van der Waals surface area contributed by atoms with Gasteiger partial charge in [-0.05, 0) is 37.5 Å². The number of aromatic nitrogens is 1. The van der Waals surface area contributed by atoms with E-state index < -0.39 is 5.97 Å². The third-order valence-electron chi connectivity index (χ3n) is 3.90. The fourth-order valence-corrected chi connectivity index (χ4v) is 2.39. The van der Waals surface area contributed by atoms with Crippen LogP contribution in [0.4, 0.5) is 0 Å². The maximum Gasteiger partial charge on any atom is 0.335 e. The Morgan fingerprint density at radius 3 is 2.52 bits per heavy atom. The molecule has 0 aliphatic heterocycles. The minimum Gasteiger partial charge on any atom is -0.478 e. The molecule has 3 rings (SSSR count). The zero-order valence-corrected chi connectivity index (χ0v) is 13.1. The second-order valence-corrected chi connectivity index (χ2v) is 5.90. The lowest BCUT2D eigenvalue weighted by atomic mass is 10.1. The second kappa shape index (κ2) is 5.87. The molecule has 1 aromatic carbocycles. The minimum absolute atomic E-state index is 0.218. The topological polar surface area (TPSA) is 83.6 Å². The van der Waals surface area contributed by atoms with E-state index in [0.29, 0.717) is 24.0 Å². The van der Waals surface area contributed by atoms with Crippen LogP contribution in [-0.4, -0.2) is 33.9 Å². The highest BCUT2D eigenvalue weighted by Gasteiger charge is 2.31. The maximum atomic E-state index is 12.5. The highest BCUT2D eigenvalue weighted by atomic mass is 16.4. The summed E-state index contributed by atoms with van der Waals surface area (Å²) in [5.41, 5.74) is 1.69. The van der Waals surface area contributed by atoms with Gasteiger partial charge in [0.15, 0.2) is 5.89 Å². The smallest absolute Gasteiger partial charge is 0.335 e. The van der Waals surface area contributed by atoms with E-state index >= 15 is 0 Å². The Labute approximate surface area is 133 Å². The van der Waals surface area contributed by atoms with Crippen LogP contribution in [0.1, 0.15) is 56.8 Å².